The fourth-order valence-corrected chi connectivity index (χ4v) is 3.07. The Morgan fingerprint density at radius 2 is 1.94 bits per heavy atom. The van der Waals surface area contributed by atoms with Gasteiger partial charge in [0.15, 0.2) is 17.3 Å². The predicted octanol–water partition coefficient (Wildman–Crippen LogP) is 3.58. The molecule has 0 aliphatic rings. The van der Waals surface area contributed by atoms with Crippen LogP contribution in [0.2, 0.25) is 0 Å². The molecule has 4 aromatic rings. The summed E-state index contributed by atoms with van der Waals surface area (Å²) in [6, 6.07) is 11.4. The zero-order valence-electron chi connectivity index (χ0n) is 17.2. The van der Waals surface area contributed by atoms with Crippen LogP contribution >= 0.6 is 0 Å². The van der Waals surface area contributed by atoms with Gasteiger partial charge in [0, 0.05) is 48.3 Å². The smallest absolute Gasteiger partial charge is 0.163 e. The van der Waals surface area contributed by atoms with Gasteiger partial charge in [-0.05, 0) is 18.2 Å². The zero-order valence-corrected chi connectivity index (χ0v) is 17.2. The van der Waals surface area contributed by atoms with Crippen molar-refractivity contribution in [2.24, 2.45) is 0 Å². The highest BCUT2D eigenvalue weighted by Gasteiger charge is 2.11. The van der Waals surface area contributed by atoms with Crippen LogP contribution < -0.4 is 9.47 Å². The largest absolute Gasteiger partial charge is 0.488 e. The summed E-state index contributed by atoms with van der Waals surface area (Å²) >= 11 is 0. The maximum atomic E-state index is 6.03. The van der Waals surface area contributed by atoms with Crippen LogP contribution in [0.4, 0.5) is 0 Å². The molecule has 0 radical (unpaired) electrons. The van der Waals surface area contributed by atoms with Gasteiger partial charge < -0.3 is 18.8 Å². The molecule has 31 heavy (non-hydrogen) atoms. The SMILES string of the molecule is C#Cc1cccc(-c2ncc3cc(OCCOC)c(OCCn4ccnc4)cc3n2)c1. The van der Waals surface area contributed by atoms with Crippen molar-refractivity contribution in [1.29, 1.82) is 0 Å². The van der Waals surface area contributed by atoms with Crippen LogP contribution in [-0.2, 0) is 11.3 Å². The normalized spacial score (nSPS) is 10.7. The summed E-state index contributed by atoms with van der Waals surface area (Å²) in [6.45, 7) is 2.03. The number of ether oxygens (including phenoxy) is 3. The van der Waals surface area contributed by atoms with Gasteiger partial charge in [-0.3, -0.25) is 0 Å². The van der Waals surface area contributed by atoms with Crippen LogP contribution in [0.3, 0.4) is 0 Å². The minimum absolute atomic E-state index is 0.414. The summed E-state index contributed by atoms with van der Waals surface area (Å²) in [4.78, 5) is 13.3. The number of hydrogen-bond donors (Lipinski definition) is 0. The third kappa shape index (κ3) is 5.00. The highest BCUT2D eigenvalue weighted by Crippen LogP contribution is 2.32. The number of methoxy groups -OCH3 is 1. The Labute approximate surface area is 180 Å². The van der Waals surface area contributed by atoms with Crippen molar-refractivity contribution >= 4 is 10.9 Å². The van der Waals surface area contributed by atoms with Gasteiger partial charge >= 0.3 is 0 Å². The fourth-order valence-electron chi connectivity index (χ4n) is 3.07. The van der Waals surface area contributed by atoms with Crippen LogP contribution in [0.15, 0.2) is 61.3 Å². The summed E-state index contributed by atoms with van der Waals surface area (Å²) < 4.78 is 18.9. The molecule has 2 aromatic carbocycles. The summed E-state index contributed by atoms with van der Waals surface area (Å²) in [7, 11) is 1.64. The molecule has 0 bridgehead atoms. The minimum Gasteiger partial charge on any atom is -0.488 e. The molecular weight excluding hydrogens is 392 g/mol. The lowest BCUT2D eigenvalue weighted by atomic mass is 10.1. The van der Waals surface area contributed by atoms with Crippen molar-refractivity contribution in [1.82, 2.24) is 19.5 Å². The second kappa shape index (κ2) is 9.74. The quantitative estimate of drug-likeness (QED) is 0.308. The van der Waals surface area contributed by atoms with E-state index in [1.807, 2.05) is 47.2 Å². The maximum Gasteiger partial charge on any atom is 0.163 e. The van der Waals surface area contributed by atoms with Gasteiger partial charge in [-0.15, -0.1) is 6.42 Å². The number of fused-ring (bicyclic) bond motifs is 1. The van der Waals surface area contributed by atoms with Crippen molar-refractivity contribution < 1.29 is 14.2 Å². The Morgan fingerprint density at radius 1 is 1.06 bits per heavy atom. The van der Waals surface area contributed by atoms with E-state index in [2.05, 4.69) is 15.9 Å². The molecule has 0 amide bonds. The minimum atomic E-state index is 0.414. The van der Waals surface area contributed by atoms with Crippen molar-refractivity contribution in [2.45, 2.75) is 6.54 Å². The highest BCUT2D eigenvalue weighted by atomic mass is 16.5. The summed E-state index contributed by atoms with van der Waals surface area (Å²) in [6.07, 6.45) is 12.7. The summed E-state index contributed by atoms with van der Waals surface area (Å²) in [5.74, 6) is 4.48. The molecule has 0 fully saturated rings. The van der Waals surface area contributed by atoms with Crippen LogP contribution in [-0.4, -0.2) is 46.4 Å². The number of imidazole rings is 1. The van der Waals surface area contributed by atoms with Crippen molar-refractivity contribution in [3.63, 3.8) is 0 Å². The standard InChI is InChI=1S/C24H22N4O3/c1-3-18-5-4-6-19(13-18)24-26-16-20-14-22(31-12-11-29-2)23(15-21(20)27-24)30-10-9-28-8-7-25-17-28/h1,4-8,13-17H,9-12H2,2H3. The first kappa shape index (κ1) is 20.4. The Hall–Kier alpha value is -3.89. The number of nitrogens with zero attached hydrogens (tertiary/aromatic N) is 4. The molecule has 0 saturated carbocycles. The topological polar surface area (TPSA) is 71.3 Å². The average Bonchev–Trinajstić information content (AvgIpc) is 3.32. The van der Waals surface area contributed by atoms with Crippen molar-refractivity contribution in [3.8, 4) is 35.2 Å². The lowest BCUT2D eigenvalue weighted by molar-refractivity contribution is 0.143. The lowest BCUT2D eigenvalue weighted by Crippen LogP contribution is -2.09. The van der Waals surface area contributed by atoms with E-state index in [0.29, 0.717) is 43.7 Å². The Bertz CT molecular complexity index is 1200. The molecule has 0 saturated heterocycles. The molecule has 0 N–H and O–H groups in total. The monoisotopic (exact) mass is 414 g/mol. The molecule has 0 spiro atoms. The van der Waals surface area contributed by atoms with Gasteiger partial charge in [0.25, 0.3) is 0 Å². The van der Waals surface area contributed by atoms with E-state index in [4.69, 9.17) is 25.6 Å². The average molecular weight is 414 g/mol. The molecule has 7 nitrogen and oxygen atoms in total. The summed E-state index contributed by atoms with van der Waals surface area (Å²) in [5, 5.41) is 0.853. The maximum absolute atomic E-state index is 6.03. The van der Waals surface area contributed by atoms with E-state index in [1.54, 1.807) is 25.8 Å². The van der Waals surface area contributed by atoms with Crippen LogP contribution in [0.1, 0.15) is 5.56 Å². The van der Waals surface area contributed by atoms with Gasteiger partial charge in [0.1, 0.15) is 13.2 Å². The van der Waals surface area contributed by atoms with Crippen LogP contribution in [0.5, 0.6) is 11.5 Å². The summed E-state index contributed by atoms with van der Waals surface area (Å²) in [5.41, 5.74) is 2.40. The van der Waals surface area contributed by atoms with E-state index in [-0.39, 0.29) is 0 Å². The van der Waals surface area contributed by atoms with E-state index in [0.717, 1.165) is 22.0 Å². The molecular formula is C24H22N4O3. The second-order valence-corrected chi connectivity index (χ2v) is 6.77. The number of terminal acetylenes is 1. The van der Waals surface area contributed by atoms with Crippen LogP contribution in [0.25, 0.3) is 22.3 Å². The third-order valence-corrected chi connectivity index (χ3v) is 4.64. The molecule has 2 aromatic heterocycles. The lowest BCUT2D eigenvalue weighted by Gasteiger charge is -2.14. The molecule has 7 heteroatoms. The number of benzene rings is 2. The van der Waals surface area contributed by atoms with Crippen LogP contribution in [0, 0.1) is 12.3 Å². The van der Waals surface area contributed by atoms with E-state index in [9.17, 15) is 0 Å². The van der Waals surface area contributed by atoms with Crippen molar-refractivity contribution in [2.75, 3.05) is 26.9 Å². The molecule has 0 atom stereocenters. The first-order valence-electron chi connectivity index (χ1n) is 9.85. The fraction of sp³-hybridized carbons (Fsp3) is 0.208. The Balaban J connectivity index is 1.63. The van der Waals surface area contributed by atoms with Gasteiger partial charge in [-0.2, -0.15) is 0 Å². The number of aromatic nitrogens is 4. The third-order valence-electron chi connectivity index (χ3n) is 4.64. The van der Waals surface area contributed by atoms with Gasteiger partial charge in [-0.1, -0.05) is 18.1 Å². The van der Waals surface area contributed by atoms with E-state index < -0.39 is 0 Å². The molecule has 4 rings (SSSR count). The zero-order chi connectivity index (χ0) is 21.5. The first-order valence-corrected chi connectivity index (χ1v) is 9.85. The van der Waals surface area contributed by atoms with Gasteiger partial charge in [0.05, 0.1) is 25.0 Å². The highest BCUT2D eigenvalue weighted by molar-refractivity contribution is 5.83. The molecule has 0 unspecified atom stereocenters. The Morgan fingerprint density at radius 3 is 2.74 bits per heavy atom. The number of rotatable bonds is 9. The number of hydrogen-bond acceptors (Lipinski definition) is 6. The van der Waals surface area contributed by atoms with E-state index in [1.165, 1.54) is 0 Å². The molecule has 156 valence electrons. The van der Waals surface area contributed by atoms with Gasteiger partial charge in [-0.25, -0.2) is 15.0 Å². The second-order valence-electron chi connectivity index (χ2n) is 6.77. The molecule has 0 aliphatic carbocycles. The van der Waals surface area contributed by atoms with E-state index >= 15 is 0 Å². The Kier molecular flexibility index (Phi) is 6.41. The molecule has 2 heterocycles. The predicted molar refractivity (Wildman–Crippen MR) is 118 cm³/mol. The van der Waals surface area contributed by atoms with Crippen molar-refractivity contribution in [3.05, 3.63) is 66.9 Å². The van der Waals surface area contributed by atoms with Gasteiger partial charge in [0.2, 0.25) is 0 Å². The molecule has 0 aliphatic heterocycles. The first-order chi connectivity index (χ1) is 15.3.